The van der Waals surface area contributed by atoms with Crippen LogP contribution in [0.5, 0.6) is 0 Å². The highest BCUT2D eigenvalue weighted by Crippen LogP contribution is 2.20. The molecule has 2 rings (SSSR count). The van der Waals surface area contributed by atoms with E-state index in [9.17, 15) is 9.90 Å². The largest absolute Gasteiger partial charge is 0.394 e. The molecule has 24 heavy (non-hydrogen) atoms. The smallest absolute Gasteiger partial charge is 0.319 e. The number of urea groups is 1. The number of ether oxygens (including phenoxy) is 1. The van der Waals surface area contributed by atoms with E-state index < -0.39 is 0 Å². The van der Waals surface area contributed by atoms with Gasteiger partial charge in [-0.25, -0.2) is 4.79 Å². The zero-order valence-electron chi connectivity index (χ0n) is 14.6. The average molecular weight is 333 g/mol. The molecular formula is C18H27N3O3. The number of carbonyl (C=O) groups excluding carboxylic acids is 1. The van der Waals surface area contributed by atoms with E-state index in [0.29, 0.717) is 12.5 Å². The van der Waals surface area contributed by atoms with Gasteiger partial charge in [0.15, 0.2) is 0 Å². The number of benzene rings is 1. The monoisotopic (exact) mass is 333 g/mol. The van der Waals surface area contributed by atoms with Crippen molar-refractivity contribution in [1.29, 1.82) is 0 Å². The van der Waals surface area contributed by atoms with Gasteiger partial charge in [0.05, 0.1) is 19.3 Å². The molecule has 1 aromatic carbocycles. The highest BCUT2D eigenvalue weighted by atomic mass is 16.5. The number of anilines is 1. The van der Waals surface area contributed by atoms with Gasteiger partial charge in [0.25, 0.3) is 0 Å². The minimum atomic E-state index is -0.298. The lowest BCUT2D eigenvalue weighted by molar-refractivity contribution is 0.188. The first-order chi connectivity index (χ1) is 11.5. The van der Waals surface area contributed by atoms with Crippen molar-refractivity contribution in [3.05, 3.63) is 30.5 Å². The van der Waals surface area contributed by atoms with Gasteiger partial charge in [-0.15, -0.1) is 0 Å². The number of nitrogens with zero attached hydrogens (tertiary/aromatic N) is 1. The van der Waals surface area contributed by atoms with Crippen LogP contribution in [0.15, 0.2) is 30.5 Å². The summed E-state index contributed by atoms with van der Waals surface area (Å²) < 4.78 is 7.23. The van der Waals surface area contributed by atoms with Crippen LogP contribution in [-0.2, 0) is 11.3 Å². The van der Waals surface area contributed by atoms with Crippen LogP contribution in [0.2, 0.25) is 0 Å². The third-order valence-electron chi connectivity index (χ3n) is 3.88. The van der Waals surface area contributed by atoms with Crippen LogP contribution >= 0.6 is 0 Å². The quantitative estimate of drug-likeness (QED) is 0.695. The molecule has 0 saturated heterocycles. The fourth-order valence-electron chi connectivity index (χ4n) is 2.76. The summed E-state index contributed by atoms with van der Waals surface area (Å²) in [5, 5.41) is 16.0. The van der Waals surface area contributed by atoms with Crippen LogP contribution in [0.1, 0.15) is 20.3 Å². The number of fused-ring (bicyclic) bond motifs is 1. The van der Waals surface area contributed by atoms with Gasteiger partial charge >= 0.3 is 6.03 Å². The molecule has 2 amide bonds. The summed E-state index contributed by atoms with van der Waals surface area (Å²) in [6.45, 7) is 5.51. The van der Waals surface area contributed by atoms with E-state index >= 15 is 0 Å². The van der Waals surface area contributed by atoms with E-state index in [-0.39, 0.29) is 18.7 Å². The number of carbonyl (C=O) groups is 1. The van der Waals surface area contributed by atoms with Crippen LogP contribution in [0.3, 0.4) is 0 Å². The summed E-state index contributed by atoms with van der Waals surface area (Å²) >= 11 is 0. The first kappa shape index (κ1) is 18.3. The second kappa shape index (κ2) is 8.70. The Labute approximate surface area is 142 Å². The van der Waals surface area contributed by atoms with E-state index in [2.05, 4.69) is 29.0 Å². The van der Waals surface area contributed by atoms with Gasteiger partial charge in [-0.05, 0) is 36.6 Å². The van der Waals surface area contributed by atoms with Gasteiger partial charge in [-0.1, -0.05) is 13.8 Å². The fraction of sp³-hybridized carbons (Fsp3) is 0.500. The van der Waals surface area contributed by atoms with Crippen molar-refractivity contribution in [1.82, 2.24) is 9.88 Å². The third-order valence-corrected chi connectivity index (χ3v) is 3.88. The van der Waals surface area contributed by atoms with Crippen LogP contribution in [0.25, 0.3) is 10.9 Å². The van der Waals surface area contributed by atoms with E-state index in [1.807, 2.05) is 30.5 Å². The van der Waals surface area contributed by atoms with Gasteiger partial charge in [-0.3, -0.25) is 0 Å². The number of aliphatic hydroxyl groups is 1. The summed E-state index contributed by atoms with van der Waals surface area (Å²) in [7, 11) is 1.69. The van der Waals surface area contributed by atoms with Crippen LogP contribution in [0.4, 0.5) is 10.5 Å². The lowest BCUT2D eigenvalue weighted by Crippen LogP contribution is -2.40. The Kier molecular flexibility index (Phi) is 6.63. The Bertz CT molecular complexity index is 667. The molecule has 3 N–H and O–H groups in total. The van der Waals surface area contributed by atoms with Crippen molar-refractivity contribution >= 4 is 22.6 Å². The lowest BCUT2D eigenvalue weighted by atomic mass is 10.0. The third kappa shape index (κ3) is 4.97. The Morgan fingerprint density at radius 3 is 2.79 bits per heavy atom. The first-order valence-electron chi connectivity index (χ1n) is 8.29. The number of methoxy groups -OCH3 is 1. The predicted molar refractivity (Wildman–Crippen MR) is 96.3 cm³/mol. The number of amides is 2. The molecule has 0 fully saturated rings. The molecule has 0 saturated carbocycles. The maximum Gasteiger partial charge on any atom is 0.319 e. The van der Waals surface area contributed by atoms with Gasteiger partial charge in [0.2, 0.25) is 0 Å². The second-order valence-corrected chi connectivity index (χ2v) is 6.38. The fourth-order valence-corrected chi connectivity index (χ4v) is 2.76. The number of hydrogen-bond acceptors (Lipinski definition) is 3. The van der Waals surface area contributed by atoms with Gasteiger partial charge < -0.3 is 25.0 Å². The van der Waals surface area contributed by atoms with Crippen molar-refractivity contribution in [3.63, 3.8) is 0 Å². The molecule has 1 unspecified atom stereocenters. The maximum absolute atomic E-state index is 12.1. The highest BCUT2D eigenvalue weighted by molar-refractivity contribution is 5.93. The number of aromatic nitrogens is 1. The molecule has 0 aliphatic rings. The molecule has 132 valence electrons. The summed E-state index contributed by atoms with van der Waals surface area (Å²) in [4.78, 5) is 12.1. The maximum atomic E-state index is 12.1. The first-order valence-corrected chi connectivity index (χ1v) is 8.29. The zero-order chi connectivity index (χ0) is 17.5. The molecule has 1 heterocycles. The highest BCUT2D eigenvalue weighted by Gasteiger charge is 2.13. The number of hydrogen-bond donors (Lipinski definition) is 3. The lowest BCUT2D eigenvalue weighted by Gasteiger charge is -2.18. The molecular weight excluding hydrogens is 306 g/mol. The standard InChI is InChI=1S/C18H27N3O3/c1-13(2)10-16(12-22)20-18(23)19-15-4-5-17-14(11-15)6-7-21(17)8-9-24-3/h4-7,11,13,16,22H,8-10,12H2,1-3H3,(H2,19,20,23). The Balaban J connectivity index is 2.00. The van der Waals surface area contributed by atoms with Gasteiger partial charge in [0.1, 0.15) is 0 Å². The van der Waals surface area contributed by atoms with Crippen molar-refractivity contribution in [2.75, 3.05) is 25.6 Å². The molecule has 0 aliphatic carbocycles. The van der Waals surface area contributed by atoms with Crippen LogP contribution < -0.4 is 10.6 Å². The number of aliphatic hydroxyl groups excluding tert-OH is 1. The Morgan fingerprint density at radius 2 is 2.12 bits per heavy atom. The van der Waals surface area contributed by atoms with Gasteiger partial charge in [0, 0.05) is 36.4 Å². The van der Waals surface area contributed by atoms with Crippen molar-refractivity contribution in [2.45, 2.75) is 32.9 Å². The molecule has 0 aliphatic heterocycles. The molecule has 6 heteroatoms. The van der Waals surface area contributed by atoms with Crippen molar-refractivity contribution in [3.8, 4) is 0 Å². The Morgan fingerprint density at radius 1 is 1.33 bits per heavy atom. The second-order valence-electron chi connectivity index (χ2n) is 6.38. The molecule has 2 aromatic rings. The molecule has 0 radical (unpaired) electrons. The summed E-state index contributed by atoms with van der Waals surface area (Å²) in [5.41, 5.74) is 1.83. The Hall–Kier alpha value is -2.05. The van der Waals surface area contributed by atoms with Crippen LogP contribution in [0, 0.1) is 5.92 Å². The van der Waals surface area contributed by atoms with Crippen molar-refractivity contribution < 1.29 is 14.6 Å². The van der Waals surface area contributed by atoms with Crippen molar-refractivity contribution in [2.24, 2.45) is 5.92 Å². The number of nitrogens with one attached hydrogen (secondary N) is 2. The predicted octanol–water partition coefficient (Wildman–Crippen LogP) is 2.82. The minimum Gasteiger partial charge on any atom is -0.394 e. The molecule has 1 aromatic heterocycles. The van der Waals surface area contributed by atoms with E-state index in [1.165, 1.54) is 0 Å². The molecule has 6 nitrogen and oxygen atoms in total. The molecule has 0 spiro atoms. The van der Waals surface area contributed by atoms with Crippen LogP contribution in [-0.4, -0.2) is 42.1 Å². The topological polar surface area (TPSA) is 75.5 Å². The average Bonchev–Trinajstić information content (AvgIpc) is 2.94. The number of rotatable bonds is 8. The van der Waals surface area contributed by atoms with E-state index in [0.717, 1.165) is 29.6 Å². The summed E-state index contributed by atoms with van der Waals surface area (Å²) in [6.07, 6.45) is 2.75. The van der Waals surface area contributed by atoms with E-state index in [4.69, 9.17) is 4.74 Å². The zero-order valence-corrected chi connectivity index (χ0v) is 14.6. The van der Waals surface area contributed by atoms with E-state index in [1.54, 1.807) is 7.11 Å². The normalized spacial score (nSPS) is 12.5. The van der Waals surface area contributed by atoms with Gasteiger partial charge in [-0.2, -0.15) is 0 Å². The summed E-state index contributed by atoms with van der Waals surface area (Å²) in [6, 6.07) is 7.29. The minimum absolute atomic E-state index is 0.0625. The molecule has 0 bridgehead atoms. The summed E-state index contributed by atoms with van der Waals surface area (Å²) in [5.74, 6) is 0.408. The SMILES string of the molecule is COCCn1ccc2cc(NC(=O)NC(CO)CC(C)C)ccc21. The molecule has 1 atom stereocenters.